The van der Waals surface area contributed by atoms with Gasteiger partial charge in [0.05, 0.1) is 5.56 Å². The number of rotatable bonds is 9. The van der Waals surface area contributed by atoms with Crippen molar-refractivity contribution in [3.05, 3.63) is 65.5 Å². The SMILES string of the molecule is CCCCCc1ccc2c(F)c(-c3ccc(CCC)cc3)c(OC(F)F)cc2c1. The van der Waals surface area contributed by atoms with Crippen LogP contribution in [0.25, 0.3) is 21.9 Å². The average Bonchev–Trinajstić information content (AvgIpc) is 2.69. The second-order valence-electron chi connectivity index (χ2n) is 7.40. The van der Waals surface area contributed by atoms with Crippen molar-refractivity contribution in [3.8, 4) is 16.9 Å². The Bertz CT molecular complexity index is 948. The first kappa shape index (κ1) is 21.2. The summed E-state index contributed by atoms with van der Waals surface area (Å²) in [7, 11) is 0. The second-order valence-corrected chi connectivity index (χ2v) is 7.40. The molecule has 0 aromatic heterocycles. The van der Waals surface area contributed by atoms with Gasteiger partial charge in [-0.15, -0.1) is 0 Å². The molecule has 0 aliphatic rings. The van der Waals surface area contributed by atoms with Gasteiger partial charge in [0, 0.05) is 5.39 Å². The Morgan fingerprint density at radius 2 is 1.55 bits per heavy atom. The highest BCUT2D eigenvalue weighted by Gasteiger charge is 2.19. The summed E-state index contributed by atoms with van der Waals surface area (Å²) in [5, 5.41) is 0.997. The largest absolute Gasteiger partial charge is 0.434 e. The summed E-state index contributed by atoms with van der Waals surface area (Å²) in [5.41, 5.74) is 2.82. The number of hydrogen-bond acceptors (Lipinski definition) is 1. The Hall–Kier alpha value is -2.49. The summed E-state index contributed by atoms with van der Waals surface area (Å²) in [6, 6.07) is 14.4. The minimum Gasteiger partial charge on any atom is -0.434 e. The predicted molar refractivity (Wildman–Crippen MR) is 113 cm³/mol. The van der Waals surface area contributed by atoms with Crippen LogP contribution >= 0.6 is 0 Å². The van der Waals surface area contributed by atoms with E-state index in [0.717, 1.165) is 49.7 Å². The van der Waals surface area contributed by atoms with E-state index in [2.05, 4.69) is 13.8 Å². The van der Waals surface area contributed by atoms with Crippen molar-refractivity contribution >= 4 is 10.8 Å². The number of halogens is 3. The molecular formula is C25H27F3O. The second kappa shape index (κ2) is 9.82. The number of ether oxygens (including phenoxy) is 1. The Balaban J connectivity index is 2.07. The lowest BCUT2D eigenvalue weighted by Crippen LogP contribution is -2.05. The maximum atomic E-state index is 15.4. The van der Waals surface area contributed by atoms with Crippen molar-refractivity contribution in [1.82, 2.24) is 0 Å². The van der Waals surface area contributed by atoms with E-state index in [1.807, 2.05) is 24.3 Å². The van der Waals surface area contributed by atoms with Crippen molar-refractivity contribution in [1.29, 1.82) is 0 Å². The number of aryl methyl sites for hydroxylation is 2. The summed E-state index contributed by atoms with van der Waals surface area (Å²) in [4.78, 5) is 0. The van der Waals surface area contributed by atoms with Crippen LogP contribution in [0.1, 0.15) is 50.7 Å². The van der Waals surface area contributed by atoms with E-state index in [9.17, 15) is 8.78 Å². The molecule has 3 aromatic rings. The van der Waals surface area contributed by atoms with Gasteiger partial charge in [-0.3, -0.25) is 0 Å². The van der Waals surface area contributed by atoms with E-state index in [1.165, 1.54) is 6.07 Å². The molecule has 3 aromatic carbocycles. The van der Waals surface area contributed by atoms with Crippen LogP contribution in [0.5, 0.6) is 5.75 Å². The molecule has 0 unspecified atom stereocenters. The minimum atomic E-state index is -3.02. The van der Waals surface area contributed by atoms with Gasteiger partial charge < -0.3 is 4.74 Å². The monoisotopic (exact) mass is 400 g/mol. The van der Waals surface area contributed by atoms with Gasteiger partial charge in [0.1, 0.15) is 11.6 Å². The normalized spacial score (nSPS) is 11.4. The van der Waals surface area contributed by atoms with E-state index in [1.54, 1.807) is 18.2 Å². The quantitative estimate of drug-likeness (QED) is 0.331. The van der Waals surface area contributed by atoms with Crippen LogP contribution in [0.2, 0.25) is 0 Å². The molecule has 0 saturated heterocycles. The standard InChI is InChI=1S/C25H27F3O/c1-3-5-6-8-18-11-14-21-20(15-18)16-22(29-25(27)28)23(24(21)26)19-12-9-17(7-4-2)10-13-19/h9-16,25H,3-8H2,1-2H3. The Labute approximate surface area is 170 Å². The molecule has 3 rings (SSSR count). The number of hydrogen-bond donors (Lipinski definition) is 0. The molecule has 0 heterocycles. The predicted octanol–water partition coefficient (Wildman–Crippen LogP) is 7.93. The molecule has 0 aliphatic heterocycles. The summed E-state index contributed by atoms with van der Waals surface area (Å²) in [6.45, 7) is 1.21. The number of benzene rings is 3. The van der Waals surface area contributed by atoms with Crippen molar-refractivity contribution in [2.24, 2.45) is 0 Å². The van der Waals surface area contributed by atoms with Crippen LogP contribution < -0.4 is 4.74 Å². The fraction of sp³-hybridized carbons (Fsp3) is 0.360. The summed E-state index contributed by atoms with van der Waals surface area (Å²) in [6.07, 6.45) is 6.10. The van der Waals surface area contributed by atoms with E-state index in [-0.39, 0.29) is 11.3 Å². The molecular weight excluding hydrogens is 373 g/mol. The van der Waals surface area contributed by atoms with Gasteiger partial charge in [0.2, 0.25) is 0 Å². The average molecular weight is 400 g/mol. The molecule has 0 aliphatic carbocycles. The third-order valence-electron chi connectivity index (χ3n) is 5.17. The zero-order chi connectivity index (χ0) is 20.8. The Morgan fingerprint density at radius 1 is 0.828 bits per heavy atom. The first-order chi connectivity index (χ1) is 14.0. The molecule has 0 N–H and O–H groups in total. The van der Waals surface area contributed by atoms with Crippen LogP contribution in [0.15, 0.2) is 48.5 Å². The maximum absolute atomic E-state index is 15.4. The zero-order valence-electron chi connectivity index (χ0n) is 17.0. The molecule has 1 nitrogen and oxygen atoms in total. The van der Waals surface area contributed by atoms with E-state index in [4.69, 9.17) is 4.74 Å². The fourth-order valence-electron chi connectivity index (χ4n) is 3.71. The minimum absolute atomic E-state index is 0.0829. The van der Waals surface area contributed by atoms with Gasteiger partial charge in [-0.05, 0) is 47.4 Å². The van der Waals surface area contributed by atoms with Gasteiger partial charge >= 0.3 is 6.61 Å². The molecule has 4 heteroatoms. The number of fused-ring (bicyclic) bond motifs is 1. The van der Waals surface area contributed by atoms with Crippen LogP contribution in [0.3, 0.4) is 0 Å². The molecule has 0 radical (unpaired) electrons. The fourth-order valence-corrected chi connectivity index (χ4v) is 3.71. The summed E-state index contributed by atoms with van der Waals surface area (Å²) in [5.74, 6) is -0.652. The maximum Gasteiger partial charge on any atom is 0.387 e. The van der Waals surface area contributed by atoms with Crippen LogP contribution in [-0.2, 0) is 12.8 Å². The first-order valence-corrected chi connectivity index (χ1v) is 10.3. The molecule has 0 atom stereocenters. The van der Waals surface area contributed by atoms with Crippen molar-refractivity contribution in [2.45, 2.75) is 59.0 Å². The lowest BCUT2D eigenvalue weighted by Gasteiger charge is -2.15. The first-order valence-electron chi connectivity index (χ1n) is 10.3. The Morgan fingerprint density at radius 3 is 2.21 bits per heavy atom. The van der Waals surface area contributed by atoms with Gasteiger partial charge in [0.15, 0.2) is 0 Å². The molecule has 0 bridgehead atoms. The van der Waals surface area contributed by atoms with Gasteiger partial charge in [-0.1, -0.05) is 75.6 Å². The lowest BCUT2D eigenvalue weighted by atomic mass is 9.95. The molecule has 0 spiro atoms. The number of unbranched alkanes of at least 4 members (excludes halogenated alkanes) is 2. The van der Waals surface area contributed by atoms with E-state index in [0.29, 0.717) is 16.3 Å². The topological polar surface area (TPSA) is 9.23 Å². The van der Waals surface area contributed by atoms with E-state index < -0.39 is 12.4 Å². The molecule has 29 heavy (non-hydrogen) atoms. The van der Waals surface area contributed by atoms with Gasteiger partial charge in [-0.2, -0.15) is 8.78 Å². The van der Waals surface area contributed by atoms with Crippen LogP contribution in [0, 0.1) is 5.82 Å². The highest BCUT2D eigenvalue weighted by Crippen LogP contribution is 2.39. The summed E-state index contributed by atoms with van der Waals surface area (Å²) >= 11 is 0. The third-order valence-corrected chi connectivity index (χ3v) is 5.17. The van der Waals surface area contributed by atoms with Crippen molar-refractivity contribution in [2.75, 3.05) is 0 Å². The smallest absolute Gasteiger partial charge is 0.387 e. The van der Waals surface area contributed by atoms with E-state index >= 15 is 4.39 Å². The van der Waals surface area contributed by atoms with Gasteiger partial charge in [0.25, 0.3) is 0 Å². The Kier molecular flexibility index (Phi) is 7.18. The number of alkyl halides is 2. The molecule has 0 fully saturated rings. The highest BCUT2D eigenvalue weighted by molar-refractivity contribution is 5.92. The lowest BCUT2D eigenvalue weighted by molar-refractivity contribution is -0.0494. The molecule has 0 amide bonds. The molecule has 0 saturated carbocycles. The van der Waals surface area contributed by atoms with Crippen molar-refractivity contribution in [3.63, 3.8) is 0 Å². The van der Waals surface area contributed by atoms with Crippen LogP contribution in [0.4, 0.5) is 13.2 Å². The van der Waals surface area contributed by atoms with Crippen molar-refractivity contribution < 1.29 is 17.9 Å². The highest BCUT2D eigenvalue weighted by atomic mass is 19.3. The third kappa shape index (κ3) is 5.11. The van der Waals surface area contributed by atoms with Crippen LogP contribution in [-0.4, -0.2) is 6.61 Å². The zero-order valence-corrected chi connectivity index (χ0v) is 17.0. The molecule has 154 valence electrons. The summed E-state index contributed by atoms with van der Waals surface area (Å²) < 4.78 is 46.3. The van der Waals surface area contributed by atoms with Gasteiger partial charge in [-0.25, -0.2) is 4.39 Å².